The molecule has 16 heavy (non-hydrogen) atoms. The van der Waals surface area contributed by atoms with Gasteiger partial charge >= 0.3 is 0 Å². The number of benzene rings is 1. The maximum atomic E-state index is 6.09. The number of nitrogens with one attached hydrogen (secondary N) is 1. The van der Waals surface area contributed by atoms with Gasteiger partial charge in [0, 0.05) is 11.7 Å². The summed E-state index contributed by atoms with van der Waals surface area (Å²) in [6.45, 7) is 2.21. The van der Waals surface area contributed by atoms with Crippen molar-refractivity contribution in [3.63, 3.8) is 0 Å². The largest absolute Gasteiger partial charge is 0.389 e. The van der Waals surface area contributed by atoms with E-state index in [1.807, 2.05) is 18.2 Å². The van der Waals surface area contributed by atoms with Crippen LogP contribution in [0.3, 0.4) is 0 Å². The quantitative estimate of drug-likeness (QED) is 0.811. The van der Waals surface area contributed by atoms with Crippen molar-refractivity contribution >= 4 is 34.5 Å². The van der Waals surface area contributed by atoms with Crippen molar-refractivity contribution in [2.45, 2.75) is 25.8 Å². The lowest BCUT2D eigenvalue weighted by Crippen LogP contribution is -2.15. The molecule has 1 aromatic carbocycles. The lowest BCUT2D eigenvalue weighted by Gasteiger charge is -2.12. The molecule has 0 aliphatic heterocycles. The van der Waals surface area contributed by atoms with E-state index in [2.05, 4.69) is 12.2 Å². The third-order valence-corrected chi connectivity index (χ3v) is 3.57. The summed E-state index contributed by atoms with van der Waals surface area (Å²) < 4.78 is 0. The first-order chi connectivity index (χ1) is 7.63. The van der Waals surface area contributed by atoms with Crippen molar-refractivity contribution in [3.05, 3.63) is 28.8 Å². The standard InChI is InChI=1S/C12H15ClN2S/c1-2-7-6-10(7)15-9-5-3-4-8(13)11(9)12(14)16/h3-5,7,10,15H,2,6H2,1H3,(H2,14,16). The van der Waals surface area contributed by atoms with Crippen LogP contribution >= 0.6 is 23.8 Å². The Morgan fingerprint density at radius 1 is 1.62 bits per heavy atom. The molecule has 2 rings (SSSR count). The Morgan fingerprint density at radius 3 is 2.94 bits per heavy atom. The Hall–Kier alpha value is -0.800. The molecule has 1 saturated carbocycles. The maximum Gasteiger partial charge on any atom is 0.107 e. The topological polar surface area (TPSA) is 38.0 Å². The minimum absolute atomic E-state index is 0.349. The van der Waals surface area contributed by atoms with E-state index in [1.54, 1.807) is 0 Å². The van der Waals surface area contributed by atoms with Crippen molar-refractivity contribution < 1.29 is 0 Å². The number of hydrogen-bond donors (Lipinski definition) is 2. The van der Waals surface area contributed by atoms with Crippen LogP contribution in [0.25, 0.3) is 0 Å². The van der Waals surface area contributed by atoms with Crippen LogP contribution in [0.1, 0.15) is 25.3 Å². The zero-order chi connectivity index (χ0) is 11.7. The molecule has 1 fully saturated rings. The van der Waals surface area contributed by atoms with Gasteiger partial charge in [-0.1, -0.05) is 43.2 Å². The molecule has 86 valence electrons. The van der Waals surface area contributed by atoms with Crippen molar-refractivity contribution in [3.8, 4) is 0 Å². The van der Waals surface area contributed by atoms with Gasteiger partial charge in [-0.15, -0.1) is 0 Å². The number of thiocarbonyl (C=S) groups is 1. The minimum atomic E-state index is 0.349. The van der Waals surface area contributed by atoms with Crippen LogP contribution in [0, 0.1) is 5.92 Å². The predicted octanol–water partition coefficient (Wildman–Crippen LogP) is 3.18. The molecule has 0 radical (unpaired) electrons. The van der Waals surface area contributed by atoms with Gasteiger partial charge in [-0.3, -0.25) is 0 Å². The fraction of sp³-hybridized carbons (Fsp3) is 0.417. The van der Waals surface area contributed by atoms with Gasteiger partial charge in [-0.25, -0.2) is 0 Å². The number of anilines is 1. The van der Waals surface area contributed by atoms with Crippen LogP contribution in [0.5, 0.6) is 0 Å². The summed E-state index contributed by atoms with van der Waals surface area (Å²) in [6, 6.07) is 6.25. The van der Waals surface area contributed by atoms with Crippen LogP contribution in [0.15, 0.2) is 18.2 Å². The van der Waals surface area contributed by atoms with Crippen LogP contribution in [0.2, 0.25) is 5.02 Å². The van der Waals surface area contributed by atoms with Crippen LogP contribution in [-0.4, -0.2) is 11.0 Å². The third-order valence-electron chi connectivity index (χ3n) is 3.05. The molecule has 2 nitrogen and oxygen atoms in total. The fourth-order valence-electron chi connectivity index (χ4n) is 1.97. The monoisotopic (exact) mass is 254 g/mol. The first-order valence-corrected chi connectivity index (χ1v) is 6.27. The highest BCUT2D eigenvalue weighted by Gasteiger charge is 2.35. The second-order valence-electron chi connectivity index (χ2n) is 4.18. The first-order valence-electron chi connectivity index (χ1n) is 5.48. The van der Waals surface area contributed by atoms with E-state index in [-0.39, 0.29) is 0 Å². The van der Waals surface area contributed by atoms with E-state index >= 15 is 0 Å². The summed E-state index contributed by atoms with van der Waals surface area (Å²) in [5.74, 6) is 0.776. The number of hydrogen-bond acceptors (Lipinski definition) is 2. The van der Waals surface area contributed by atoms with Crippen molar-refractivity contribution in [1.29, 1.82) is 0 Å². The summed E-state index contributed by atoms with van der Waals surface area (Å²) in [5.41, 5.74) is 7.41. The lowest BCUT2D eigenvalue weighted by molar-refractivity contribution is 0.775. The van der Waals surface area contributed by atoms with Gasteiger partial charge in [-0.2, -0.15) is 0 Å². The van der Waals surface area contributed by atoms with Crippen molar-refractivity contribution in [2.75, 3.05) is 5.32 Å². The molecule has 1 aromatic rings. The lowest BCUT2D eigenvalue weighted by atomic mass is 10.1. The molecule has 0 amide bonds. The SMILES string of the molecule is CCC1CC1Nc1cccc(Cl)c1C(N)=S. The molecule has 0 bridgehead atoms. The molecule has 3 N–H and O–H groups in total. The zero-order valence-corrected chi connectivity index (χ0v) is 10.7. The Kier molecular flexibility index (Phi) is 3.36. The highest BCUT2D eigenvalue weighted by molar-refractivity contribution is 7.80. The fourth-order valence-corrected chi connectivity index (χ4v) is 2.52. The maximum absolute atomic E-state index is 6.09. The normalized spacial score (nSPS) is 22.9. The highest BCUT2D eigenvalue weighted by atomic mass is 35.5. The molecular weight excluding hydrogens is 240 g/mol. The van der Waals surface area contributed by atoms with Gasteiger partial charge in [0.05, 0.1) is 10.6 Å². The van der Waals surface area contributed by atoms with Gasteiger partial charge in [0.2, 0.25) is 0 Å². The van der Waals surface area contributed by atoms with Gasteiger partial charge in [-0.05, 0) is 24.5 Å². The second kappa shape index (κ2) is 4.60. The number of nitrogens with two attached hydrogens (primary N) is 1. The minimum Gasteiger partial charge on any atom is -0.389 e. The Morgan fingerprint density at radius 2 is 2.38 bits per heavy atom. The summed E-state index contributed by atoms with van der Waals surface area (Å²) >= 11 is 11.1. The second-order valence-corrected chi connectivity index (χ2v) is 5.03. The van der Waals surface area contributed by atoms with E-state index < -0.39 is 0 Å². The zero-order valence-electron chi connectivity index (χ0n) is 9.16. The average Bonchev–Trinajstić information content (AvgIpc) is 2.96. The van der Waals surface area contributed by atoms with E-state index in [0.29, 0.717) is 16.1 Å². The van der Waals surface area contributed by atoms with Crippen LogP contribution in [0.4, 0.5) is 5.69 Å². The molecule has 0 saturated heterocycles. The molecule has 1 aliphatic rings. The molecule has 0 aromatic heterocycles. The molecule has 0 spiro atoms. The van der Waals surface area contributed by atoms with Crippen molar-refractivity contribution in [2.24, 2.45) is 11.7 Å². The Balaban J connectivity index is 2.20. The summed E-state index contributed by atoms with van der Waals surface area (Å²) in [5, 5.41) is 4.07. The smallest absolute Gasteiger partial charge is 0.107 e. The Bertz CT molecular complexity index is 419. The van der Waals surface area contributed by atoms with E-state index in [4.69, 9.17) is 29.6 Å². The van der Waals surface area contributed by atoms with Crippen molar-refractivity contribution in [1.82, 2.24) is 0 Å². The van der Waals surface area contributed by atoms with E-state index in [1.165, 1.54) is 12.8 Å². The Labute approximate surface area is 106 Å². The molecule has 2 atom stereocenters. The first kappa shape index (κ1) is 11.7. The van der Waals surface area contributed by atoms with Gasteiger partial charge < -0.3 is 11.1 Å². The molecule has 2 unspecified atom stereocenters. The van der Waals surface area contributed by atoms with Crippen LogP contribution < -0.4 is 11.1 Å². The van der Waals surface area contributed by atoms with Gasteiger partial charge in [0.15, 0.2) is 0 Å². The van der Waals surface area contributed by atoms with E-state index in [0.717, 1.165) is 17.2 Å². The number of rotatable bonds is 4. The highest BCUT2D eigenvalue weighted by Crippen LogP contribution is 2.37. The van der Waals surface area contributed by atoms with E-state index in [9.17, 15) is 0 Å². The molecular formula is C12H15ClN2S. The third kappa shape index (κ3) is 2.30. The van der Waals surface area contributed by atoms with Crippen LogP contribution in [-0.2, 0) is 0 Å². The van der Waals surface area contributed by atoms with Gasteiger partial charge in [0.1, 0.15) is 4.99 Å². The molecule has 4 heteroatoms. The number of halogens is 1. The summed E-state index contributed by atoms with van der Waals surface area (Å²) in [6.07, 6.45) is 2.43. The summed E-state index contributed by atoms with van der Waals surface area (Å²) in [7, 11) is 0. The van der Waals surface area contributed by atoms with Gasteiger partial charge in [0.25, 0.3) is 0 Å². The predicted molar refractivity (Wildman–Crippen MR) is 73.1 cm³/mol. The molecule has 1 aliphatic carbocycles. The molecule has 0 heterocycles. The average molecular weight is 255 g/mol. The summed E-state index contributed by atoms with van der Waals surface area (Å²) in [4.78, 5) is 0.349.